The Morgan fingerprint density at radius 2 is 1.90 bits per heavy atom. The number of amides is 1. The molecule has 0 saturated heterocycles. The molecule has 2 aromatic heterocycles. The number of anilines is 1. The summed E-state index contributed by atoms with van der Waals surface area (Å²) in [5.74, 6) is -0.227. The van der Waals surface area contributed by atoms with E-state index in [9.17, 15) is 4.79 Å². The molecule has 8 nitrogen and oxygen atoms in total. The largest absolute Gasteiger partial charge is 0.479 e. The fourth-order valence-corrected chi connectivity index (χ4v) is 1.39. The highest BCUT2D eigenvalue weighted by Gasteiger charge is 2.13. The van der Waals surface area contributed by atoms with Crippen LogP contribution in [0.1, 0.15) is 16.2 Å². The van der Waals surface area contributed by atoms with Crippen molar-refractivity contribution in [3.8, 4) is 11.9 Å². The Hall–Kier alpha value is -2.77. The summed E-state index contributed by atoms with van der Waals surface area (Å²) < 4.78 is 9.94. The number of rotatable bonds is 4. The monoisotopic (exact) mass is 275 g/mol. The molecule has 0 saturated carbocycles. The van der Waals surface area contributed by atoms with Crippen LogP contribution in [0.2, 0.25) is 0 Å². The third-order valence-electron chi connectivity index (χ3n) is 2.37. The van der Waals surface area contributed by atoms with Gasteiger partial charge in [0.25, 0.3) is 5.91 Å². The Kier molecular flexibility index (Phi) is 4.04. The first-order valence-electron chi connectivity index (χ1n) is 5.69. The molecule has 2 rings (SSSR count). The minimum Gasteiger partial charge on any atom is -0.479 e. The van der Waals surface area contributed by atoms with Gasteiger partial charge in [0.1, 0.15) is 11.4 Å². The number of carbonyl (C=O) groups is 1. The van der Waals surface area contributed by atoms with E-state index in [0.29, 0.717) is 5.69 Å². The fourth-order valence-electron chi connectivity index (χ4n) is 1.39. The van der Waals surface area contributed by atoms with Gasteiger partial charge in [0.2, 0.25) is 5.88 Å². The van der Waals surface area contributed by atoms with Gasteiger partial charge in [-0.15, -0.1) is 0 Å². The summed E-state index contributed by atoms with van der Waals surface area (Å²) >= 11 is 0. The van der Waals surface area contributed by atoms with Crippen LogP contribution in [0.5, 0.6) is 11.9 Å². The van der Waals surface area contributed by atoms with Gasteiger partial charge in [-0.25, -0.2) is 9.97 Å². The number of nitrogens with one attached hydrogen (secondary N) is 1. The van der Waals surface area contributed by atoms with Gasteiger partial charge in [-0.2, -0.15) is 4.98 Å². The number of aryl methyl sites for hydroxylation is 1. The standard InChI is InChI=1S/C12H13N5O3/c1-7-4-14-8(5-13-7)10(18)16-9-6-15-12(20-3)17-11(9)19-2/h4-6H,1-3H3,(H,16,18). The molecule has 0 aromatic carbocycles. The average molecular weight is 275 g/mol. The van der Waals surface area contributed by atoms with Gasteiger partial charge in [0.05, 0.1) is 32.3 Å². The predicted molar refractivity (Wildman–Crippen MR) is 69.9 cm³/mol. The molecular weight excluding hydrogens is 262 g/mol. The first kappa shape index (κ1) is 13.7. The lowest BCUT2D eigenvalue weighted by atomic mass is 10.3. The highest BCUT2D eigenvalue weighted by Crippen LogP contribution is 2.22. The minimum absolute atomic E-state index is 0.148. The molecule has 8 heteroatoms. The van der Waals surface area contributed by atoms with E-state index < -0.39 is 5.91 Å². The predicted octanol–water partition coefficient (Wildman–Crippen LogP) is 0.845. The van der Waals surface area contributed by atoms with Crippen molar-refractivity contribution in [2.24, 2.45) is 0 Å². The lowest BCUT2D eigenvalue weighted by molar-refractivity contribution is 0.102. The van der Waals surface area contributed by atoms with Crippen LogP contribution in [-0.4, -0.2) is 40.1 Å². The zero-order valence-corrected chi connectivity index (χ0v) is 11.2. The van der Waals surface area contributed by atoms with Crippen molar-refractivity contribution < 1.29 is 14.3 Å². The van der Waals surface area contributed by atoms with Gasteiger partial charge >= 0.3 is 6.01 Å². The smallest absolute Gasteiger partial charge is 0.319 e. The number of aromatic nitrogens is 4. The van der Waals surface area contributed by atoms with Gasteiger partial charge in [0, 0.05) is 6.20 Å². The van der Waals surface area contributed by atoms with Crippen LogP contribution in [0.4, 0.5) is 5.69 Å². The van der Waals surface area contributed by atoms with E-state index in [-0.39, 0.29) is 17.6 Å². The average Bonchev–Trinajstić information content (AvgIpc) is 2.48. The maximum Gasteiger partial charge on any atom is 0.319 e. The number of nitrogens with zero attached hydrogens (tertiary/aromatic N) is 4. The molecule has 0 unspecified atom stereocenters. The number of hydrogen-bond acceptors (Lipinski definition) is 7. The zero-order chi connectivity index (χ0) is 14.5. The molecule has 0 fully saturated rings. The normalized spacial score (nSPS) is 9.95. The maximum absolute atomic E-state index is 12.0. The van der Waals surface area contributed by atoms with Gasteiger partial charge in [-0.1, -0.05) is 0 Å². The quantitative estimate of drug-likeness (QED) is 0.882. The second-order valence-corrected chi connectivity index (χ2v) is 3.78. The highest BCUT2D eigenvalue weighted by molar-refractivity contribution is 6.03. The van der Waals surface area contributed by atoms with Crippen molar-refractivity contribution in [3.05, 3.63) is 30.0 Å². The molecule has 0 spiro atoms. The van der Waals surface area contributed by atoms with Crippen LogP contribution in [0, 0.1) is 6.92 Å². The fraction of sp³-hybridized carbons (Fsp3) is 0.250. The van der Waals surface area contributed by atoms with Crippen molar-refractivity contribution in [1.82, 2.24) is 19.9 Å². The van der Waals surface area contributed by atoms with Crippen molar-refractivity contribution >= 4 is 11.6 Å². The molecule has 2 heterocycles. The third kappa shape index (κ3) is 2.97. The lowest BCUT2D eigenvalue weighted by Gasteiger charge is -2.09. The summed E-state index contributed by atoms with van der Waals surface area (Å²) in [5.41, 5.74) is 1.24. The summed E-state index contributed by atoms with van der Waals surface area (Å²) in [7, 11) is 2.87. The van der Waals surface area contributed by atoms with E-state index in [1.165, 1.54) is 32.8 Å². The molecule has 0 atom stereocenters. The van der Waals surface area contributed by atoms with E-state index >= 15 is 0 Å². The second kappa shape index (κ2) is 5.91. The van der Waals surface area contributed by atoms with Gasteiger partial charge < -0.3 is 14.8 Å². The van der Waals surface area contributed by atoms with E-state index in [2.05, 4.69) is 25.3 Å². The summed E-state index contributed by atoms with van der Waals surface area (Å²) in [6, 6.07) is 0.148. The third-order valence-corrected chi connectivity index (χ3v) is 2.37. The summed E-state index contributed by atoms with van der Waals surface area (Å²) in [4.78, 5) is 27.8. The van der Waals surface area contributed by atoms with Gasteiger partial charge in [-0.05, 0) is 6.92 Å². The van der Waals surface area contributed by atoms with Crippen LogP contribution >= 0.6 is 0 Å². The molecule has 0 aliphatic carbocycles. The Labute approximate surface area is 115 Å². The summed E-state index contributed by atoms with van der Waals surface area (Å²) in [6.07, 6.45) is 4.29. The molecule has 0 aliphatic heterocycles. The van der Waals surface area contributed by atoms with Crippen molar-refractivity contribution in [3.63, 3.8) is 0 Å². The number of hydrogen-bond donors (Lipinski definition) is 1. The molecule has 2 aromatic rings. The van der Waals surface area contributed by atoms with Crippen molar-refractivity contribution in [1.29, 1.82) is 0 Å². The Balaban J connectivity index is 2.21. The topological polar surface area (TPSA) is 99.1 Å². The molecule has 104 valence electrons. The number of ether oxygens (including phenoxy) is 2. The molecule has 1 amide bonds. The summed E-state index contributed by atoms with van der Waals surface area (Å²) in [5, 5.41) is 2.60. The minimum atomic E-state index is -0.426. The van der Waals surface area contributed by atoms with E-state index in [4.69, 9.17) is 9.47 Å². The molecule has 0 aliphatic rings. The Bertz CT molecular complexity index is 615. The SMILES string of the molecule is COc1ncc(NC(=O)c2cnc(C)cn2)c(OC)n1. The highest BCUT2D eigenvalue weighted by atomic mass is 16.5. The molecular formula is C12H13N5O3. The Morgan fingerprint density at radius 1 is 1.10 bits per heavy atom. The van der Waals surface area contributed by atoms with Crippen LogP contribution < -0.4 is 14.8 Å². The van der Waals surface area contributed by atoms with E-state index in [1.54, 1.807) is 6.92 Å². The summed E-state index contributed by atoms with van der Waals surface area (Å²) in [6.45, 7) is 1.79. The van der Waals surface area contributed by atoms with Crippen LogP contribution in [-0.2, 0) is 0 Å². The van der Waals surface area contributed by atoms with Crippen molar-refractivity contribution in [2.45, 2.75) is 6.92 Å². The molecule has 1 N–H and O–H groups in total. The molecule has 0 radical (unpaired) electrons. The van der Waals surface area contributed by atoms with Gasteiger partial charge in [0.15, 0.2) is 0 Å². The first-order valence-corrected chi connectivity index (χ1v) is 5.69. The van der Waals surface area contributed by atoms with Crippen LogP contribution in [0.25, 0.3) is 0 Å². The number of carbonyl (C=O) groups excluding carboxylic acids is 1. The van der Waals surface area contributed by atoms with Crippen molar-refractivity contribution in [2.75, 3.05) is 19.5 Å². The lowest BCUT2D eigenvalue weighted by Crippen LogP contribution is -2.15. The molecule has 20 heavy (non-hydrogen) atoms. The molecule has 0 bridgehead atoms. The second-order valence-electron chi connectivity index (χ2n) is 3.78. The number of methoxy groups -OCH3 is 2. The maximum atomic E-state index is 12.0. The van der Waals surface area contributed by atoms with Crippen LogP contribution in [0.3, 0.4) is 0 Å². The Morgan fingerprint density at radius 3 is 2.50 bits per heavy atom. The van der Waals surface area contributed by atoms with Crippen LogP contribution in [0.15, 0.2) is 18.6 Å². The first-order chi connectivity index (χ1) is 9.63. The zero-order valence-electron chi connectivity index (χ0n) is 11.2. The van der Waals surface area contributed by atoms with E-state index in [1.807, 2.05) is 0 Å². The van der Waals surface area contributed by atoms with E-state index in [0.717, 1.165) is 5.69 Å². The van der Waals surface area contributed by atoms with Gasteiger partial charge in [-0.3, -0.25) is 9.78 Å².